The van der Waals surface area contributed by atoms with Crippen molar-refractivity contribution in [2.45, 2.75) is 42.7 Å². The number of methoxy groups -OCH3 is 1. The van der Waals surface area contributed by atoms with Gasteiger partial charge in [-0.25, -0.2) is 9.48 Å². The van der Waals surface area contributed by atoms with E-state index in [9.17, 15) is 48.6 Å². The van der Waals surface area contributed by atoms with Gasteiger partial charge >= 0.3 is 23.9 Å². The lowest BCUT2D eigenvalue weighted by atomic mass is 9.96. The Bertz CT molecular complexity index is 2490. The number of carbonyl (C=O) groups excluding carboxylic acids is 5. The summed E-state index contributed by atoms with van der Waals surface area (Å²) in [6.07, 6.45) is 0.791. The van der Waals surface area contributed by atoms with Gasteiger partial charge in [0.1, 0.15) is 46.8 Å². The second-order valence-corrected chi connectivity index (χ2v) is 14.3. The number of nitrogens with one attached hydrogen (secondary N) is 2. The van der Waals surface area contributed by atoms with Crippen LogP contribution in [-0.2, 0) is 40.0 Å². The second kappa shape index (κ2) is 16.4. The van der Waals surface area contributed by atoms with E-state index in [-0.39, 0.29) is 56.0 Å². The summed E-state index contributed by atoms with van der Waals surface area (Å²) in [7, 11) is 1.11. The van der Waals surface area contributed by atoms with Crippen molar-refractivity contribution in [1.29, 1.82) is 0 Å². The fourth-order valence-corrected chi connectivity index (χ4v) is 8.38. The molecular weight excluding hydrogens is 811 g/mol. The molecule has 1 fully saturated rings. The summed E-state index contributed by atoms with van der Waals surface area (Å²) in [4.78, 5) is 103. The highest BCUT2D eigenvalue weighted by atomic mass is 32.2. The molecule has 0 saturated carbocycles. The number of carboxylic acids is 2. The minimum atomic E-state index is -2.15. The number of fused-ring (bicyclic) bond motifs is 2. The van der Waals surface area contributed by atoms with Crippen LogP contribution in [0.4, 0.5) is 0 Å². The van der Waals surface area contributed by atoms with E-state index in [4.69, 9.17) is 23.7 Å². The van der Waals surface area contributed by atoms with Gasteiger partial charge in [0.05, 0.1) is 5.39 Å². The topological polar surface area (TPSA) is 309 Å². The third kappa shape index (κ3) is 7.91. The number of hydrogen-bond donors (Lipinski definition) is 5. The zero-order chi connectivity index (χ0) is 42.1. The average Bonchev–Trinajstić information content (AvgIpc) is 3.60. The van der Waals surface area contributed by atoms with Crippen molar-refractivity contribution < 1.29 is 67.5 Å². The van der Waals surface area contributed by atoms with E-state index in [1.54, 1.807) is 0 Å². The largest absolute Gasteiger partial charge is 0.508 e. The Kier molecular flexibility index (Phi) is 11.5. The number of aromatic hydroxyl groups is 1. The van der Waals surface area contributed by atoms with E-state index < -0.39 is 82.0 Å². The first-order valence-corrected chi connectivity index (χ1v) is 18.5. The molecule has 2 aromatic heterocycles. The molecule has 4 aromatic rings. The number of phenolic OH excluding ortho intramolecular Hbond substituents is 1. The normalized spacial score (nSPS) is 17.8. The van der Waals surface area contributed by atoms with Gasteiger partial charge in [0.2, 0.25) is 16.5 Å². The van der Waals surface area contributed by atoms with Crippen LogP contribution in [0.1, 0.15) is 35.8 Å². The van der Waals surface area contributed by atoms with Gasteiger partial charge < -0.3 is 44.6 Å². The maximum absolute atomic E-state index is 14.1. The van der Waals surface area contributed by atoms with Gasteiger partial charge in [0, 0.05) is 38.5 Å². The fourth-order valence-electron chi connectivity index (χ4n) is 5.93. The van der Waals surface area contributed by atoms with Gasteiger partial charge in [-0.05, 0) is 39.8 Å². The van der Waals surface area contributed by atoms with E-state index in [0.717, 1.165) is 72.5 Å². The van der Waals surface area contributed by atoms with E-state index in [0.29, 0.717) is 0 Å². The third-order valence-corrected chi connectivity index (χ3v) is 10.9. The number of aromatic nitrogens is 4. The Balaban J connectivity index is 1.28. The Morgan fingerprint density at radius 2 is 1.72 bits per heavy atom. The summed E-state index contributed by atoms with van der Waals surface area (Å²) < 4.78 is 22.2. The summed E-state index contributed by atoms with van der Waals surface area (Å²) in [6.45, 7) is 1.62. The van der Waals surface area contributed by atoms with Gasteiger partial charge in [-0.15, -0.1) is 16.9 Å². The van der Waals surface area contributed by atoms with Crippen molar-refractivity contribution in [3.8, 4) is 17.2 Å². The maximum atomic E-state index is 14.1. The third-order valence-electron chi connectivity index (χ3n) is 8.46. The molecule has 2 aliphatic rings. The number of tetrazole rings is 1. The zero-order valence-corrected chi connectivity index (χ0v) is 31.7. The molecular formula is C34H29N7O15S2. The smallest absolute Gasteiger partial charge is 0.352 e. The monoisotopic (exact) mass is 839 g/mol. The van der Waals surface area contributed by atoms with Crippen LogP contribution in [0.15, 0.2) is 68.3 Å². The molecule has 0 radical (unpaired) electrons. The molecule has 2 aromatic carbocycles. The Morgan fingerprint density at radius 1 is 1.05 bits per heavy atom. The number of ether oxygens (including phenoxy) is 3. The van der Waals surface area contributed by atoms with Crippen LogP contribution < -0.4 is 25.5 Å². The highest BCUT2D eigenvalue weighted by Gasteiger charge is 2.67. The molecule has 58 heavy (non-hydrogen) atoms. The Hall–Kier alpha value is -6.79. The standard InChI is InChI=1S/C34H29N7O15S2/c1-14(42)55-22-8-19-21(9-23(22)56-15(2)43)54-11-20(27(19)47)28(48)35-25(16-4-6-18(44)7-5-16)29(49)36-34(53-3)31(52)41-26(30(50)51)17(12-57-32(34)41)13-58-33-37-38-39-40(33)10-24(45)46/h4-9,11,25,32,44H,10,12-13H2,1-3H3,(H,35,48)(H,36,49)(H,45,46)(H,50,51)/t25?,32-,34-/m0/s1. The number of rotatable bonds is 14. The lowest BCUT2D eigenvalue weighted by Crippen LogP contribution is -2.81. The first-order chi connectivity index (χ1) is 27.5. The summed E-state index contributed by atoms with van der Waals surface area (Å²) in [5.74, 6) is -8.23. The van der Waals surface area contributed by atoms with E-state index in [1.807, 2.05) is 0 Å². The highest BCUT2D eigenvalue weighted by Crippen LogP contribution is 2.47. The molecule has 302 valence electrons. The van der Waals surface area contributed by atoms with Crippen molar-refractivity contribution in [3.63, 3.8) is 0 Å². The number of β-lactam (4-membered cyclic amide) rings is 1. The van der Waals surface area contributed by atoms with Crippen molar-refractivity contribution in [3.05, 3.63) is 75.3 Å². The molecule has 2 aliphatic heterocycles. The van der Waals surface area contributed by atoms with Crippen LogP contribution in [-0.4, -0.2) is 112 Å². The Labute approximate surface area is 332 Å². The number of carboxylic acid groups (broad SMARTS) is 2. The number of thioether (sulfide) groups is 2. The predicted molar refractivity (Wildman–Crippen MR) is 195 cm³/mol. The molecule has 1 unspecified atom stereocenters. The molecule has 24 heteroatoms. The minimum Gasteiger partial charge on any atom is -0.508 e. The van der Waals surface area contributed by atoms with Crippen LogP contribution in [0.3, 0.4) is 0 Å². The van der Waals surface area contributed by atoms with Gasteiger partial charge in [0.15, 0.2) is 11.5 Å². The average molecular weight is 840 g/mol. The predicted octanol–water partition coefficient (Wildman–Crippen LogP) is 0.396. The van der Waals surface area contributed by atoms with Gasteiger partial charge in [-0.3, -0.25) is 38.5 Å². The number of esters is 2. The number of aliphatic carboxylic acids is 2. The van der Waals surface area contributed by atoms with Crippen molar-refractivity contribution in [2.24, 2.45) is 0 Å². The second-order valence-electron chi connectivity index (χ2n) is 12.3. The minimum absolute atomic E-state index is 0.0158. The number of hydrogen-bond acceptors (Lipinski definition) is 18. The summed E-state index contributed by atoms with van der Waals surface area (Å²) in [5.41, 5.74) is -3.94. The molecule has 22 nitrogen and oxygen atoms in total. The number of phenols is 1. The highest BCUT2D eigenvalue weighted by molar-refractivity contribution is 8.01. The van der Waals surface area contributed by atoms with Crippen LogP contribution >= 0.6 is 23.5 Å². The number of benzene rings is 2. The van der Waals surface area contributed by atoms with Crippen LogP contribution in [0, 0.1) is 0 Å². The van der Waals surface area contributed by atoms with Crippen LogP contribution in [0.25, 0.3) is 11.0 Å². The molecule has 0 aliphatic carbocycles. The van der Waals surface area contributed by atoms with Crippen molar-refractivity contribution >= 4 is 76.1 Å². The first kappa shape index (κ1) is 40.9. The van der Waals surface area contributed by atoms with E-state index in [1.165, 1.54) is 24.3 Å². The molecule has 1 saturated heterocycles. The Morgan fingerprint density at radius 3 is 2.34 bits per heavy atom. The SMILES string of the molecule is CO[C@@]1(NC(=O)C(NC(=O)c2coc3cc(OC(C)=O)c(OC(C)=O)cc3c2=O)c2ccc(O)cc2)C(=O)N2C(C(=O)O)=C(CSc3nnnn3CC(=O)O)CS[C@H]21. The summed E-state index contributed by atoms with van der Waals surface area (Å²) in [6, 6.07) is 5.47. The maximum Gasteiger partial charge on any atom is 0.352 e. The molecule has 5 N–H and O–H groups in total. The fraction of sp³-hybridized carbons (Fsp3) is 0.265. The summed E-state index contributed by atoms with van der Waals surface area (Å²) >= 11 is 2.00. The van der Waals surface area contributed by atoms with Crippen LogP contribution in [0.2, 0.25) is 0 Å². The van der Waals surface area contributed by atoms with Crippen molar-refractivity contribution in [2.75, 3.05) is 18.6 Å². The lowest BCUT2D eigenvalue weighted by Gasteiger charge is -2.56. The molecule has 0 spiro atoms. The number of amides is 3. The number of carbonyl (C=O) groups is 7. The van der Waals surface area contributed by atoms with E-state index in [2.05, 4.69) is 26.2 Å². The molecule has 3 atom stereocenters. The van der Waals surface area contributed by atoms with Crippen LogP contribution in [0.5, 0.6) is 17.2 Å². The quantitative estimate of drug-likeness (QED) is 0.0377. The van der Waals surface area contributed by atoms with E-state index >= 15 is 0 Å². The summed E-state index contributed by atoms with van der Waals surface area (Å²) in [5, 5.41) is 43.7. The molecule has 6 rings (SSSR count). The van der Waals surface area contributed by atoms with Gasteiger partial charge in [-0.2, -0.15) is 0 Å². The number of nitrogens with zero attached hydrogens (tertiary/aromatic N) is 5. The molecule has 4 heterocycles. The molecule has 3 amide bonds. The van der Waals surface area contributed by atoms with Gasteiger partial charge in [-0.1, -0.05) is 23.9 Å². The van der Waals surface area contributed by atoms with Gasteiger partial charge in [0.25, 0.3) is 17.5 Å². The molecule has 0 bridgehead atoms. The lowest BCUT2D eigenvalue weighted by molar-refractivity contribution is -0.192. The first-order valence-electron chi connectivity index (χ1n) is 16.5. The zero-order valence-electron chi connectivity index (χ0n) is 30.1. The van der Waals surface area contributed by atoms with Crippen molar-refractivity contribution in [1.82, 2.24) is 35.7 Å².